The fraction of sp³-hybridized carbons (Fsp3) is 0.692. The van der Waals surface area contributed by atoms with E-state index in [1.165, 1.54) is 0 Å². The zero-order valence-corrected chi connectivity index (χ0v) is 21.3. The summed E-state index contributed by atoms with van der Waals surface area (Å²) in [6, 6.07) is 4.09. The van der Waals surface area contributed by atoms with Gasteiger partial charge in [-0.25, -0.2) is 5.43 Å². The number of hydrazone groups is 1. The molecule has 5 nitrogen and oxygen atoms in total. The molecule has 174 valence electrons. The van der Waals surface area contributed by atoms with Gasteiger partial charge in [0.25, 0.3) is 0 Å². The third-order valence-electron chi connectivity index (χ3n) is 5.73. The summed E-state index contributed by atoms with van der Waals surface area (Å²) >= 11 is 0. The third kappa shape index (κ3) is 7.06. The Morgan fingerprint density at radius 3 is 1.87 bits per heavy atom. The molecule has 1 aliphatic heterocycles. The van der Waals surface area contributed by atoms with E-state index in [-0.39, 0.29) is 27.8 Å². The number of rotatable bonds is 4. The normalized spacial score (nSPS) is 18.6. The molecule has 3 N–H and O–H groups in total. The van der Waals surface area contributed by atoms with E-state index in [9.17, 15) is 9.90 Å². The molecule has 1 saturated heterocycles. The molecule has 0 unspecified atom stereocenters. The highest BCUT2D eigenvalue weighted by Gasteiger charge is 2.35. The van der Waals surface area contributed by atoms with Crippen LogP contribution in [0.3, 0.4) is 0 Å². The average Bonchev–Trinajstić information content (AvgIpc) is 2.54. The number of nitrogens with zero attached hydrogens (tertiary/aromatic N) is 1. The lowest BCUT2D eigenvalue weighted by atomic mass is 9.78. The second-order valence-electron chi connectivity index (χ2n) is 12.5. The summed E-state index contributed by atoms with van der Waals surface area (Å²) < 4.78 is 0. The Balaban J connectivity index is 2.13. The smallest absolute Gasteiger partial charge is 0.240 e. The number of carbonyl (C=O) groups is 1. The van der Waals surface area contributed by atoms with Crippen LogP contribution < -0.4 is 10.7 Å². The quantitative estimate of drug-likeness (QED) is 0.566. The van der Waals surface area contributed by atoms with Crippen LogP contribution in [0.4, 0.5) is 0 Å². The first-order chi connectivity index (χ1) is 13.9. The van der Waals surface area contributed by atoms with E-state index in [2.05, 4.69) is 85.1 Å². The predicted octanol–water partition coefficient (Wildman–Crippen LogP) is 5.33. The zero-order chi connectivity index (χ0) is 23.8. The highest BCUT2D eigenvalue weighted by molar-refractivity contribution is 5.89. The molecule has 5 heteroatoms. The Morgan fingerprint density at radius 1 is 1.00 bits per heavy atom. The lowest BCUT2D eigenvalue weighted by molar-refractivity contribution is -0.121. The van der Waals surface area contributed by atoms with Crippen molar-refractivity contribution in [2.45, 2.75) is 117 Å². The van der Waals surface area contributed by atoms with Crippen molar-refractivity contribution in [3.8, 4) is 5.75 Å². The van der Waals surface area contributed by atoms with Crippen LogP contribution in [0.5, 0.6) is 5.75 Å². The summed E-state index contributed by atoms with van der Waals surface area (Å²) in [6.07, 6.45) is 2.61. The van der Waals surface area contributed by atoms with Crippen LogP contribution >= 0.6 is 0 Å². The van der Waals surface area contributed by atoms with Gasteiger partial charge in [0.1, 0.15) is 5.75 Å². The number of phenols is 1. The van der Waals surface area contributed by atoms with Crippen molar-refractivity contribution in [3.05, 3.63) is 28.8 Å². The molecule has 0 spiro atoms. The monoisotopic (exact) mass is 429 g/mol. The summed E-state index contributed by atoms with van der Waals surface area (Å²) in [5, 5.41) is 18.9. The maximum Gasteiger partial charge on any atom is 0.240 e. The number of hydrogen-bond acceptors (Lipinski definition) is 4. The van der Waals surface area contributed by atoms with Gasteiger partial charge in [-0.15, -0.1) is 0 Å². The molecule has 0 radical (unpaired) electrons. The van der Waals surface area contributed by atoms with E-state index in [4.69, 9.17) is 0 Å². The third-order valence-corrected chi connectivity index (χ3v) is 5.73. The summed E-state index contributed by atoms with van der Waals surface area (Å²) in [5.41, 5.74) is 6.29. The molecule has 2 rings (SSSR count). The van der Waals surface area contributed by atoms with Crippen molar-refractivity contribution in [3.63, 3.8) is 0 Å². The first-order valence-corrected chi connectivity index (χ1v) is 11.4. The largest absolute Gasteiger partial charge is 0.507 e. The second kappa shape index (κ2) is 8.57. The molecular weight excluding hydrogens is 386 g/mol. The van der Waals surface area contributed by atoms with Gasteiger partial charge in [-0.05, 0) is 61.6 Å². The van der Waals surface area contributed by atoms with Crippen molar-refractivity contribution < 1.29 is 9.90 Å². The lowest BCUT2D eigenvalue weighted by Crippen LogP contribution is -2.58. The molecule has 0 aromatic heterocycles. The summed E-state index contributed by atoms with van der Waals surface area (Å²) in [7, 11) is 0. The van der Waals surface area contributed by atoms with Crippen molar-refractivity contribution >= 4 is 11.6 Å². The molecule has 1 aromatic rings. The van der Waals surface area contributed by atoms with Gasteiger partial charge in [0, 0.05) is 36.1 Å². The lowest BCUT2D eigenvalue weighted by Gasteiger charge is -2.43. The Bertz CT molecular complexity index is 799. The van der Waals surface area contributed by atoms with Gasteiger partial charge in [-0.2, -0.15) is 5.10 Å². The standard InChI is InChI=1S/C26H43N3O2/c1-23(2,3)19-13-17(14-20(22(19)31)24(4,5)6)11-12-21(30)28-27-18-15-25(7,8)29-26(9,10)16-18/h13-14,29,31H,11-12,15-16H2,1-10H3,(H,28,30). The van der Waals surface area contributed by atoms with Gasteiger partial charge in [-0.3, -0.25) is 4.79 Å². The molecule has 1 amide bonds. The van der Waals surface area contributed by atoms with Gasteiger partial charge in [-0.1, -0.05) is 53.7 Å². The summed E-state index contributed by atoms with van der Waals surface area (Å²) in [4.78, 5) is 12.5. The topological polar surface area (TPSA) is 73.7 Å². The minimum atomic E-state index is -0.178. The number of aryl methyl sites for hydroxylation is 1. The number of aromatic hydroxyl groups is 1. The Hall–Kier alpha value is -1.88. The molecular formula is C26H43N3O2. The number of piperidine rings is 1. The fourth-order valence-electron chi connectivity index (χ4n) is 4.60. The minimum Gasteiger partial charge on any atom is -0.507 e. The van der Waals surface area contributed by atoms with Crippen LogP contribution in [0, 0.1) is 0 Å². The van der Waals surface area contributed by atoms with Gasteiger partial charge < -0.3 is 10.4 Å². The van der Waals surface area contributed by atoms with E-state index in [0.29, 0.717) is 18.6 Å². The maximum absolute atomic E-state index is 12.5. The molecule has 0 atom stereocenters. The first-order valence-electron chi connectivity index (χ1n) is 11.4. The number of amides is 1. The average molecular weight is 430 g/mol. The van der Waals surface area contributed by atoms with E-state index in [1.54, 1.807) is 0 Å². The highest BCUT2D eigenvalue weighted by Crippen LogP contribution is 2.40. The van der Waals surface area contributed by atoms with Crippen molar-refractivity contribution in [2.24, 2.45) is 5.10 Å². The van der Waals surface area contributed by atoms with E-state index in [0.717, 1.165) is 35.2 Å². The predicted molar refractivity (Wildman–Crippen MR) is 130 cm³/mol. The van der Waals surface area contributed by atoms with E-state index >= 15 is 0 Å². The van der Waals surface area contributed by atoms with Gasteiger partial charge >= 0.3 is 0 Å². The van der Waals surface area contributed by atoms with Crippen molar-refractivity contribution in [2.75, 3.05) is 0 Å². The molecule has 0 saturated carbocycles. The van der Waals surface area contributed by atoms with Crippen LogP contribution in [-0.4, -0.2) is 27.8 Å². The van der Waals surface area contributed by atoms with Crippen molar-refractivity contribution in [1.29, 1.82) is 0 Å². The zero-order valence-electron chi connectivity index (χ0n) is 21.3. The van der Waals surface area contributed by atoms with Crippen LogP contribution in [0.2, 0.25) is 0 Å². The van der Waals surface area contributed by atoms with Crippen molar-refractivity contribution in [1.82, 2.24) is 10.7 Å². The molecule has 1 heterocycles. The maximum atomic E-state index is 12.5. The summed E-state index contributed by atoms with van der Waals surface area (Å²) in [6.45, 7) is 21.3. The first kappa shape index (κ1) is 25.4. The van der Waals surface area contributed by atoms with E-state index < -0.39 is 0 Å². The fourth-order valence-corrected chi connectivity index (χ4v) is 4.60. The number of carbonyl (C=O) groups excluding carboxylic acids is 1. The molecule has 1 aliphatic rings. The summed E-state index contributed by atoms with van der Waals surface area (Å²) in [5.74, 6) is 0.292. The Kier molecular flexibility index (Phi) is 7.02. The Morgan fingerprint density at radius 2 is 1.45 bits per heavy atom. The number of benzene rings is 1. The SMILES string of the molecule is CC1(C)CC(=NNC(=O)CCc2cc(C(C)(C)C)c(O)c(C(C)(C)C)c2)CC(C)(C)N1. The molecule has 0 aliphatic carbocycles. The number of phenolic OH excluding ortho intramolecular Hbond substituents is 1. The van der Waals surface area contributed by atoms with Crippen LogP contribution in [0.1, 0.15) is 105 Å². The second-order valence-corrected chi connectivity index (χ2v) is 12.5. The molecule has 31 heavy (non-hydrogen) atoms. The molecule has 0 bridgehead atoms. The van der Waals surface area contributed by atoms with Crippen LogP contribution in [0.25, 0.3) is 0 Å². The highest BCUT2D eigenvalue weighted by atomic mass is 16.3. The van der Waals surface area contributed by atoms with Gasteiger partial charge in [0.2, 0.25) is 5.91 Å². The Labute approximate surface area is 189 Å². The van der Waals surface area contributed by atoms with Gasteiger partial charge in [0.15, 0.2) is 0 Å². The molecule has 1 aromatic carbocycles. The minimum absolute atomic E-state index is 0.0376. The number of nitrogens with one attached hydrogen (secondary N) is 2. The molecule has 1 fully saturated rings. The number of hydrogen-bond donors (Lipinski definition) is 3. The van der Waals surface area contributed by atoms with Crippen LogP contribution in [-0.2, 0) is 22.0 Å². The van der Waals surface area contributed by atoms with Crippen LogP contribution in [0.15, 0.2) is 17.2 Å². The van der Waals surface area contributed by atoms with Gasteiger partial charge in [0.05, 0.1) is 0 Å². The van der Waals surface area contributed by atoms with E-state index in [1.807, 2.05) is 12.1 Å².